The molecule has 0 radical (unpaired) electrons. The van der Waals surface area contributed by atoms with Crippen LogP contribution in [0.15, 0.2) is 48.8 Å². The standard InChI is InChI=1S/C18H17N3O4/c22-21(23)14-3-6-18-19-17(12-20(18)11-14)13-1-4-15(5-2-13)25-16-7-9-24-10-8-16/h1-6,11-12,16H,7-10H2. The Hall–Kier alpha value is -2.93. The van der Waals surface area contributed by atoms with Gasteiger partial charge >= 0.3 is 0 Å². The minimum Gasteiger partial charge on any atom is -0.490 e. The van der Waals surface area contributed by atoms with E-state index in [9.17, 15) is 10.1 Å². The van der Waals surface area contributed by atoms with E-state index in [0.717, 1.165) is 43.1 Å². The van der Waals surface area contributed by atoms with Gasteiger partial charge in [0, 0.05) is 30.7 Å². The van der Waals surface area contributed by atoms with Crippen molar-refractivity contribution >= 4 is 11.3 Å². The first-order valence-corrected chi connectivity index (χ1v) is 8.17. The number of imidazole rings is 1. The molecule has 0 bridgehead atoms. The highest BCUT2D eigenvalue weighted by molar-refractivity contribution is 5.63. The average molecular weight is 339 g/mol. The third-order valence-electron chi connectivity index (χ3n) is 4.27. The lowest BCUT2D eigenvalue weighted by molar-refractivity contribution is -0.385. The lowest BCUT2D eigenvalue weighted by atomic mass is 10.1. The van der Waals surface area contributed by atoms with Gasteiger partial charge in [0.05, 0.1) is 30.0 Å². The summed E-state index contributed by atoms with van der Waals surface area (Å²) >= 11 is 0. The molecule has 7 nitrogen and oxygen atoms in total. The molecule has 1 saturated heterocycles. The van der Waals surface area contributed by atoms with Crippen LogP contribution in [0.25, 0.3) is 16.9 Å². The van der Waals surface area contributed by atoms with E-state index in [4.69, 9.17) is 9.47 Å². The number of aromatic nitrogens is 2. The molecular formula is C18H17N3O4. The van der Waals surface area contributed by atoms with Gasteiger partial charge in [-0.2, -0.15) is 0 Å². The Morgan fingerprint density at radius 2 is 1.88 bits per heavy atom. The second-order valence-electron chi connectivity index (χ2n) is 5.99. The Morgan fingerprint density at radius 1 is 1.12 bits per heavy atom. The molecule has 3 heterocycles. The van der Waals surface area contributed by atoms with E-state index in [2.05, 4.69) is 4.98 Å². The number of pyridine rings is 1. The summed E-state index contributed by atoms with van der Waals surface area (Å²) < 4.78 is 13.0. The van der Waals surface area contributed by atoms with Gasteiger partial charge in [0.2, 0.25) is 0 Å². The number of nitro groups is 1. The minimum atomic E-state index is -0.415. The molecule has 2 aromatic heterocycles. The van der Waals surface area contributed by atoms with Crippen LogP contribution in [0.2, 0.25) is 0 Å². The molecule has 0 atom stereocenters. The summed E-state index contributed by atoms with van der Waals surface area (Å²) in [6.07, 6.45) is 5.28. The van der Waals surface area contributed by atoms with Gasteiger partial charge in [-0.3, -0.25) is 14.5 Å². The number of benzene rings is 1. The topological polar surface area (TPSA) is 78.9 Å². The van der Waals surface area contributed by atoms with Gasteiger partial charge in [0.1, 0.15) is 17.5 Å². The second-order valence-corrected chi connectivity index (χ2v) is 5.99. The van der Waals surface area contributed by atoms with Crippen molar-refractivity contribution in [2.75, 3.05) is 13.2 Å². The number of hydrogen-bond donors (Lipinski definition) is 0. The summed E-state index contributed by atoms with van der Waals surface area (Å²) in [5.74, 6) is 0.829. The van der Waals surface area contributed by atoms with Crippen LogP contribution in [0.5, 0.6) is 5.75 Å². The first kappa shape index (κ1) is 15.6. The summed E-state index contributed by atoms with van der Waals surface area (Å²) in [5, 5.41) is 10.9. The minimum absolute atomic E-state index is 0.0386. The zero-order chi connectivity index (χ0) is 17.2. The van der Waals surface area contributed by atoms with Gasteiger partial charge in [-0.15, -0.1) is 0 Å². The predicted octanol–water partition coefficient (Wildman–Crippen LogP) is 3.47. The molecule has 0 aliphatic carbocycles. The van der Waals surface area contributed by atoms with E-state index < -0.39 is 4.92 Å². The Morgan fingerprint density at radius 3 is 2.60 bits per heavy atom. The van der Waals surface area contributed by atoms with Gasteiger partial charge in [-0.1, -0.05) is 0 Å². The zero-order valence-electron chi connectivity index (χ0n) is 13.5. The molecule has 1 aliphatic heterocycles. The van der Waals surface area contributed by atoms with E-state index in [0.29, 0.717) is 5.65 Å². The number of rotatable bonds is 4. The van der Waals surface area contributed by atoms with Gasteiger partial charge in [-0.25, -0.2) is 4.98 Å². The molecular weight excluding hydrogens is 322 g/mol. The van der Waals surface area contributed by atoms with E-state index in [1.165, 1.54) is 12.3 Å². The molecule has 128 valence electrons. The molecule has 25 heavy (non-hydrogen) atoms. The molecule has 1 aromatic carbocycles. The number of fused-ring (bicyclic) bond motifs is 1. The first-order chi connectivity index (χ1) is 12.2. The molecule has 0 spiro atoms. The van der Waals surface area contributed by atoms with Gasteiger partial charge in [-0.05, 0) is 30.3 Å². The quantitative estimate of drug-likeness (QED) is 0.537. The van der Waals surface area contributed by atoms with Crippen LogP contribution in [0.1, 0.15) is 12.8 Å². The van der Waals surface area contributed by atoms with Crippen LogP contribution in [0.3, 0.4) is 0 Å². The fourth-order valence-electron chi connectivity index (χ4n) is 2.92. The van der Waals surface area contributed by atoms with E-state index in [-0.39, 0.29) is 11.8 Å². The van der Waals surface area contributed by atoms with Crippen LogP contribution >= 0.6 is 0 Å². The largest absolute Gasteiger partial charge is 0.490 e. The lowest BCUT2D eigenvalue weighted by Gasteiger charge is -2.23. The van der Waals surface area contributed by atoms with Crippen molar-refractivity contribution in [2.45, 2.75) is 18.9 Å². The van der Waals surface area contributed by atoms with Gasteiger partial charge in [0.25, 0.3) is 5.69 Å². The highest BCUT2D eigenvalue weighted by Crippen LogP contribution is 2.25. The first-order valence-electron chi connectivity index (χ1n) is 8.17. The summed E-state index contributed by atoms with van der Waals surface area (Å²) in [5.41, 5.74) is 2.41. The molecule has 0 unspecified atom stereocenters. The Bertz CT molecular complexity index is 898. The third kappa shape index (κ3) is 3.32. The molecule has 0 amide bonds. The van der Waals surface area contributed by atoms with Crippen molar-refractivity contribution in [3.05, 3.63) is 58.9 Å². The molecule has 0 saturated carbocycles. The molecule has 0 N–H and O–H groups in total. The predicted molar refractivity (Wildman–Crippen MR) is 91.8 cm³/mol. The van der Waals surface area contributed by atoms with Crippen LogP contribution < -0.4 is 4.74 Å². The van der Waals surface area contributed by atoms with E-state index in [1.807, 2.05) is 24.3 Å². The number of ether oxygens (including phenoxy) is 2. The Balaban J connectivity index is 1.55. The van der Waals surface area contributed by atoms with E-state index in [1.54, 1.807) is 16.7 Å². The summed E-state index contributed by atoms with van der Waals surface area (Å²) in [6, 6.07) is 10.9. The fraction of sp³-hybridized carbons (Fsp3) is 0.278. The SMILES string of the molecule is O=[N+]([O-])c1ccc2nc(-c3ccc(OC4CCOCC4)cc3)cn2c1. The average Bonchev–Trinajstić information content (AvgIpc) is 3.06. The summed E-state index contributed by atoms with van der Waals surface area (Å²) in [4.78, 5) is 15.0. The molecule has 1 fully saturated rings. The van der Waals surface area contributed by atoms with Crippen molar-refractivity contribution in [3.8, 4) is 17.0 Å². The number of hydrogen-bond acceptors (Lipinski definition) is 5. The highest BCUT2D eigenvalue weighted by Gasteiger charge is 2.15. The third-order valence-corrected chi connectivity index (χ3v) is 4.27. The van der Waals surface area contributed by atoms with Crippen LogP contribution in [-0.2, 0) is 4.74 Å². The van der Waals surface area contributed by atoms with Crippen molar-refractivity contribution < 1.29 is 14.4 Å². The van der Waals surface area contributed by atoms with E-state index >= 15 is 0 Å². The Labute approximate surface area is 144 Å². The molecule has 7 heteroatoms. The van der Waals surface area contributed by atoms with Gasteiger partial charge < -0.3 is 9.47 Å². The lowest BCUT2D eigenvalue weighted by Crippen LogP contribution is -2.25. The van der Waals surface area contributed by atoms with Crippen molar-refractivity contribution in [3.63, 3.8) is 0 Å². The normalized spacial score (nSPS) is 15.4. The maximum atomic E-state index is 10.9. The molecule has 1 aliphatic rings. The van der Waals surface area contributed by atoms with Crippen LogP contribution in [0.4, 0.5) is 5.69 Å². The summed E-state index contributed by atoms with van der Waals surface area (Å²) in [6.45, 7) is 1.49. The maximum absolute atomic E-state index is 10.9. The van der Waals surface area contributed by atoms with Crippen LogP contribution in [0, 0.1) is 10.1 Å². The number of nitrogens with zero attached hydrogens (tertiary/aromatic N) is 3. The van der Waals surface area contributed by atoms with Crippen molar-refractivity contribution in [1.82, 2.24) is 9.38 Å². The molecule has 4 rings (SSSR count). The fourth-order valence-corrected chi connectivity index (χ4v) is 2.92. The maximum Gasteiger partial charge on any atom is 0.286 e. The van der Waals surface area contributed by atoms with Crippen molar-refractivity contribution in [2.24, 2.45) is 0 Å². The van der Waals surface area contributed by atoms with Crippen LogP contribution in [-0.4, -0.2) is 33.6 Å². The zero-order valence-corrected chi connectivity index (χ0v) is 13.5. The highest BCUT2D eigenvalue weighted by atomic mass is 16.6. The Kier molecular flexibility index (Phi) is 4.07. The van der Waals surface area contributed by atoms with Gasteiger partial charge in [0.15, 0.2) is 0 Å². The molecule has 3 aromatic rings. The van der Waals surface area contributed by atoms with Crippen molar-refractivity contribution in [1.29, 1.82) is 0 Å². The second kappa shape index (κ2) is 6.52. The monoisotopic (exact) mass is 339 g/mol. The smallest absolute Gasteiger partial charge is 0.286 e. The summed E-state index contributed by atoms with van der Waals surface area (Å²) in [7, 11) is 0.